The van der Waals surface area contributed by atoms with E-state index in [0.29, 0.717) is 12.1 Å². The molecule has 3 aromatic rings. The summed E-state index contributed by atoms with van der Waals surface area (Å²) in [6.07, 6.45) is 1.14. The molecule has 8 heteroatoms. The number of rotatable bonds is 12. The summed E-state index contributed by atoms with van der Waals surface area (Å²) < 4.78 is 29.1. The molecule has 0 fully saturated rings. The Morgan fingerprint density at radius 1 is 0.825 bits per heavy atom. The van der Waals surface area contributed by atoms with E-state index in [4.69, 9.17) is 0 Å². The number of hydrogen-bond donors (Lipinski definition) is 1. The molecule has 0 radical (unpaired) electrons. The molecule has 0 aromatic heterocycles. The zero-order chi connectivity index (χ0) is 29.4. The summed E-state index contributed by atoms with van der Waals surface area (Å²) in [7, 11) is -4.09. The van der Waals surface area contributed by atoms with Crippen LogP contribution in [0.5, 0.6) is 0 Å². The second-order valence-electron chi connectivity index (χ2n) is 10.4. The summed E-state index contributed by atoms with van der Waals surface area (Å²) in [4.78, 5) is 29.1. The lowest BCUT2D eigenvalue weighted by molar-refractivity contribution is -0.140. The van der Waals surface area contributed by atoms with Gasteiger partial charge in [-0.3, -0.25) is 13.9 Å². The highest BCUT2D eigenvalue weighted by molar-refractivity contribution is 7.92. The van der Waals surface area contributed by atoms with E-state index in [2.05, 4.69) is 5.32 Å². The van der Waals surface area contributed by atoms with Gasteiger partial charge in [0.2, 0.25) is 11.8 Å². The van der Waals surface area contributed by atoms with Crippen LogP contribution in [0.15, 0.2) is 77.7 Å². The average Bonchev–Trinajstić information content (AvgIpc) is 2.91. The van der Waals surface area contributed by atoms with Gasteiger partial charge in [-0.25, -0.2) is 8.42 Å². The van der Waals surface area contributed by atoms with Crippen LogP contribution in [0.3, 0.4) is 0 Å². The summed E-state index contributed by atoms with van der Waals surface area (Å²) in [5, 5.41) is 3.00. The standard InChI is InChI=1S/C32H41N3O4S/c1-7-26(6)33-32(37)30(8-2)34(21-27-14-12-13-23(3)18-27)31(36)22-35(28-19-24(4)17-25(5)20-28)40(38,39)29-15-10-9-11-16-29/h9-20,26,30H,7-8,21-22H2,1-6H3,(H,33,37)/t26-,30+/m1/s1. The van der Waals surface area contributed by atoms with Gasteiger partial charge in [0.15, 0.2) is 0 Å². The molecule has 0 bridgehead atoms. The van der Waals surface area contributed by atoms with Crippen LogP contribution in [0.25, 0.3) is 0 Å². The third-order valence-electron chi connectivity index (χ3n) is 6.93. The summed E-state index contributed by atoms with van der Waals surface area (Å²) in [5.74, 6) is -0.701. The molecule has 3 rings (SSSR count). The maximum atomic E-state index is 14.2. The zero-order valence-electron chi connectivity index (χ0n) is 24.3. The van der Waals surface area contributed by atoms with Gasteiger partial charge in [-0.15, -0.1) is 0 Å². The normalized spacial score (nSPS) is 12.8. The average molecular weight is 564 g/mol. The van der Waals surface area contributed by atoms with E-state index in [1.807, 2.05) is 71.9 Å². The van der Waals surface area contributed by atoms with Crippen molar-refractivity contribution >= 4 is 27.5 Å². The van der Waals surface area contributed by atoms with Gasteiger partial charge in [0.25, 0.3) is 10.0 Å². The minimum atomic E-state index is -4.09. The minimum absolute atomic E-state index is 0.0531. The van der Waals surface area contributed by atoms with E-state index in [-0.39, 0.29) is 23.4 Å². The summed E-state index contributed by atoms with van der Waals surface area (Å²) in [5.41, 5.74) is 4.07. The quantitative estimate of drug-likeness (QED) is 0.314. The van der Waals surface area contributed by atoms with E-state index >= 15 is 0 Å². The van der Waals surface area contributed by atoms with Crippen molar-refractivity contribution in [1.82, 2.24) is 10.2 Å². The summed E-state index contributed by atoms with van der Waals surface area (Å²) in [6.45, 7) is 11.3. The Balaban J connectivity index is 2.08. The van der Waals surface area contributed by atoms with Gasteiger partial charge in [-0.1, -0.05) is 67.9 Å². The van der Waals surface area contributed by atoms with Crippen LogP contribution in [-0.2, 0) is 26.2 Å². The highest BCUT2D eigenvalue weighted by atomic mass is 32.2. The zero-order valence-corrected chi connectivity index (χ0v) is 25.2. The molecule has 40 heavy (non-hydrogen) atoms. The maximum Gasteiger partial charge on any atom is 0.264 e. The Labute approximate surface area is 239 Å². The second-order valence-corrected chi connectivity index (χ2v) is 12.3. The van der Waals surface area contributed by atoms with E-state index in [0.717, 1.165) is 33.0 Å². The highest BCUT2D eigenvalue weighted by Crippen LogP contribution is 2.27. The van der Waals surface area contributed by atoms with Crippen molar-refractivity contribution < 1.29 is 18.0 Å². The number of hydrogen-bond acceptors (Lipinski definition) is 4. The molecule has 0 aliphatic rings. The number of carbonyl (C=O) groups excluding carboxylic acids is 2. The Bertz CT molecular complexity index is 1400. The first-order chi connectivity index (χ1) is 19.0. The molecule has 0 aliphatic heterocycles. The van der Waals surface area contributed by atoms with Crippen LogP contribution in [0.2, 0.25) is 0 Å². The molecule has 3 aromatic carbocycles. The third kappa shape index (κ3) is 7.72. The summed E-state index contributed by atoms with van der Waals surface area (Å²) in [6, 6.07) is 20.5. The van der Waals surface area contributed by atoms with Crippen LogP contribution < -0.4 is 9.62 Å². The number of sulfonamides is 1. The lowest BCUT2D eigenvalue weighted by Crippen LogP contribution is -2.53. The monoisotopic (exact) mass is 563 g/mol. The van der Waals surface area contributed by atoms with Crippen LogP contribution in [0.1, 0.15) is 55.9 Å². The number of benzene rings is 3. The third-order valence-corrected chi connectivity index (χ3v) is 8.71. The Hall–Kier alpha value is -3.65. The first-order valence-corrected chi connectivity index (χ1v) is 15.2. The van der Waals surface area contributed by atoms with Gasteiger partial charge >= 0.3 is 0 Å². The molecule has 0 saturated heterocycles. The topological polar surface area (TPSA) is 86.8 Å². The SMILES string of the molecule is CC[C@@H](C)NC(=O)[C@H](CC)N(Cc1cccc(C)c1)C(=O)CN(c1cc(C)cc(C)c1)S(=O)(=O)c1ccccc1. The molecule has 1 N–H and O–H groups in total. The summed E-state index contributed by atoms with van der Waals surface area (Å²) >= 11 is 0. The van der Waals surface area contributed by atoms with Crippen molar-refractivity contribution in [3.63, 3.8) is 0 Å². The minimum Gasteiger partial charge on any atom is -0.352 e. The van der Waals surface area contributed by atoms with Crippen LogP contribution in [0, 0.1) is 20.8 Å². The number of carbonyl (C=O) groups is 2. The number of aryl methyl sites for hydroxylation is 3. The van der Waals surface area contributed by atoms with Gasteiger partial charge < -0.3 is 10.2 Å². The van der Waals surface area contributed by atoms with Gasteiger partial charge in [-0.05, 0) is 81.5 Å². The van der Waals surface area contributed by atoms with E-state index in [9.17, 15) is 18.0 Å². The predicted molar refractivity (Wildman–Crippen MR) is 161 cm³/mol. The van der Waals surface area contributed by atoms with E-state index in [1.165, 1.54) is 17.0 Å². The van der Waals surface area contributed by atoms with E-state index in [1.54, 1.807) is 30.3 Å². The van der Waals surface area contributed by atoms with Gasteiger partial charge in [0.1, 0.15) is 12.6 Å². The van der Waals surface area contributed by atoms with Crippen molar-refractivity contribution in [1.29, 1.82) is 0 Å². The van der Waals surface area contributed by atoms with Crippen molar-refractivity contribution in [2.45, 2.75) is 77.9 Å². The van der Waals surface area contributed by atoms with Crippen molar-refractivity contribution in [2.75, 3.05) is 10.8 Å². The number of anilines is 1. The first kappa shape index (κ1) is 30.9. The van der Waals surface area contributed by atoms with Gasteiger partial charge in [0.05, 0.1) is 10.6 Å². The van der Waals surface area contributed by atoms with Gasteiger partial charge in [0, 0.05) is 12.6 Å². The molecular weight excluding hydrogens is 522 g/mol. The largest absolute Gasteiger partial charge is 0.352 e. The molecule has 0 unspecified atom stereocenters. The lowest BCUT2D eigenvalue weighted by Gasteiger charge is -2.34. The van der Waals surface area contributed by atoms with Crippen LogP contribution in [0.4, 0.5) is 5.69 Å². The van der Waals surface area contributed by atoms with Gasteiger partial charge in [-0.2, -0.15) is 0 Å². The van der Waals surface area contributed by atoms with Crippen LogP contribution in [-0.4, -0.2) is 43.8 Å². The molecule has 214 valence electrons. The molecule has 7 nitrogen and oxygen atoms in total. The molecule has 0 saturated carbocycles. The molecule has 0 spiro atoms. The Morgan fingerprint density at radius 3 is 2.05 bits per heavy atom. The fraction of sp³-hybridized carbons (Fsp3) is 0.375. The molecule has 2 amide bonds. The molecule has 2 atom stereocenters. The molecule has 0 heterocycles. The highest BCUT2D eigenvalue weighted by Gasteiger charge is 2.34. The molecule has 0 aliphatic carbocycles. The Morgan fingerprint density at radius 2 is 1.48 bits per heavy atom. The second kappa shape index (κ2) is 13.6. The number of amides is 2. The molecular formula is C32H41N3O4S. The van der Waals surface area contributed by atoms with Crippen molar-refractivity contribution in [3.05, 3.63) is 95.1 Å². The Kier molecular flexibility index (Phi) is 10.5. The smallest absolute Gasteiger partial charge is 0.264 e. The fourth-order valence-corrected chi connectivity index (χ4v) is 6.13. The first-order valence-electron chi connectivity index (χ1n) is 13.8. The number of nitrogens with one attached hydrogen (secondary N) is 1. The van der Waals surface area contributed by atoms with Crippen molar-refractivity contribution in [3.8, 4) is 0 Å². The van der Waals surface area contributed by atoms with E-state index < -0.39 is 28.5 Å². The number of nitrogens with zero attached hydrogens (tertiary/aromatic N) is 2. The maximum absolute atomic E-state index is 14.2. The predicted octanol–water partition coefficient (Wildman–Crippen LogP) is 5.53. The van der Waals surface area contributed by atoms with Crippen molar-refractivity contribution in [2.24, 2.45) is 0 Å². The van der Waals surface area contributed by atoms with Crippen LogP contribution >= 0.6 is 0 Å². The lowest BCUT2D eigenvalue weighted by atomic mass is 10.1. The fourth-order valence-electron chi connectivity index (χ4n) is 4.71.